The Morgan fingerprint density at radius 1 is 1.44 bits per heavy atom. The van der Waals surface area contributed by atoms with Gasteiger partial charge in [-0.05, 0) is 26.8 Å². The fraction of sp³-hybridized carbons (Fsp3) is 0.714. The molecule has 0 spiro atoms. The molecule has 0 aromatic heterocycles. The molecule has 0 radical (unpaired) electrons. The highest BCUT2D eigenvalue weighted by atomic mass is 16.7. The monoisotopic (exact) mass is 128 g/mol. The third kappa shape index (κ3) is 1.72. The van der Waals surface area contributed by atoms with Crippen LogP contribution in [0.4, 0.5) is 0 Å². The Bertz CT molecular complexity index is 129. The molecule has 1 rings (SSSR count). The van der Waals surface area contributed by atoms with Crippen LogP contribution in [0.3, 0.4) is 0 Å². The first-order valence-corrected chi connectivity index (χ1v) is 3.19. The molecule has 0 aromatic carbocycles. The van der Waals surface area contributed by atoms with Gasteiger partial charge in [-0.2, -0.15) is 0 Å². The number of rotatable bonds is 0. The third-order valence-electron chi connectivity index (χ3n) is 1.23. The first-order chi connectivity index (χ1) is 4.18. The molecule has 0 N–H and O–H groups in total. The standard InChI is InChI=1S/C7H12O2/c1-5-4-6(2)9-7(3)8-5/h4-5,7H,1-3H3/t5?,7-/m1/s1. The summed E-state index contributed by atoms with van der Waals surface area (Å²) in [6.07, 6.45) is 2.08. The van der Waals surface area contributed by atoms with E-state index in [9.17, 15) is 0 Å². The van der Waals surface area contributed by atoms with Gasteiger partial charge in [-0.25, -0.2) is 0 Å². The molecule has 0 saturated carbocycles. The van der Waals surface area contributed by atoms with Crippen LogP contribution in [-0.4, -0.2) is 12.4 Å². The molecule has 2 nitrogen and oxygen atoms in total. The SMILES string of the molecule is CC1=CC(C)O[C@@H](C)O1. The average molecular weight is 128 g/mol. The second-order valence-electron chi connectivity index (χ2n) is 2.30. The zero-order valence-corrected chi connectivity index (χ0v) is 6.05. The van der Waals surface area contributed by atoms with Crippen LogP contribution in [0.25, 0.3) is 0 Å². The molecule has 0 aliphatic carbocycles. The van der Waals surface area contributed by atoms with Crippen molar-refractivity contribution in [1.82, 2.24) is 0 Å². The Hall–Kier alpha value is -0.500. The van der Waals surface area contributed by atoms with Gasteiger partial charge >= 0.3 is 0 Å². The molecule has 2 atom stereocenters. The molecule has 0 saturated heterocycles. The summed E-state index contributed by atoms with van der Waals surface area (Å²) < 4.78 is 10.5. The van der Waals surface area contributed by atoms with Gasteiger partial charge in [0.25, 0.3) is 0 Å². The van der Waals surface area contributed by atoms with Gasteiger partial charge in [0.1, 0.15) is 0 Å². The second-order valence-corrected chi connectivity index (χ2v) is 2.30. The lowest BCUT2D eigenvalue weighted by Crippen LogP contribution is -2.22. The van der Waals surface area contributed by atoms with Crippen molar-refractivity contribution in [2.75, 3.05) is 0 Å². The Morgan fingerprint density at radius 2 is 2.11 bits per heavy atom. The summed E-state index contributed by atoms with van der Waals surface area (Å²) in [5.74, 6) is 0.959. The van der Waals surface area contributed by atoms with Crippen LogP contribution in [0.15, 0.2) is 11.8 Å². The first-order valence-electron chi connectivity index (χ1n) is 3.19. The van der Waals surface area contributed by atoms with Gasteiger partial charge in [0.2, 0.25) is 0 Å². The predicted octanol–water partition coefficient (Wildman–Crippen LogP) is 1.67. The van der Waals surface area contributed by atoms with Crippen molar-refractivity contribution in [3.05, 3.63) is 11.8 Å². The van der Waals surface area contributed by atoms with E-state index in [0.29, 0.717) is 0 Å². The minimum Gasteiger partial charge on any atom is -0.470 e. The van der Waals surface area contributed by atoms with Crippen molar-refractivity contribution in [3.8, 4) is 0 Å². The third-order valence-corrected chi connectivity index (χ3v) is 1.23. The van der Waals surface area contributed by atoms with E-state index in [1.807, 2.05) is 26.8 Å². The van der Waals surface area contributed by atoms with E-state index < -0.39 is 0 Å². The Balaban J connectivity index is 2.56. The lowest BCUT2D eigenvalue weighted by Gasteiger charge is -2.24. The fourth-order valence-corrected chi connectivity index (χ4v) is 1.00. The van der Waals surface area contributed by atoms with Crippen molar-refractivity contribution >= 4 is 0 Å². The van der Waals surface area contributed by atoms with Crippen LogP contribution >= 0.6 is 0 Å². The van der Waals surface area contributed by atoms with Gasteiger partial charge in [-0.15, -0.1) is 0 Å². The predicted molar refractivity (Wildman–Crippen MR) is 34.9 cm³/mol. The van der Waals surface area contributed by atoms with Gasteiger partial charge in [-0.1, -0.05) is 0 Å². The van der Waals surface area contributed by atoms with E-state index in [1.165, 1.54) is 0 Å². The maximum absolute atomic E-state index is 5.26. The number of ether oxygens (including phenoxy) is 2. The average Bonchev–Trinajstić information content (AvgIpc) is 1.59. The van der Waals surface area contributed by atoms with E-state index in [0.717, 1.165) is 5.76 Å². The van der Waals surface area contributed by atoms with Crippen LogP contribution in [0.1, 0.15) is 20.8 Å². The first kappa shape index (κ1) is 6.62. The van der Waals surface area contributed by atoms with Gasteiger partial charge < -0.3 is 9.47 Å². The topological polar surface area (TPSA) is 18.5 Å². The Labute approximate surface area is 55.5 Å². The van der Waals surface area contributed by atoms with Crippen molar-refractivity contribution in [2.45, 2.75) is 33.2 Å². The zero-order chi connectivity index (χ0) is 6.85. The molecule has 1 unspecified atom stereocenters. The summed E-state index contributed by atoms with van der Waals surface area (Å²) in [6.45, 7) is 5.84. The summed E-state index contributed by atoms with van der Waals surface area (Å²) in [5, 5.41) is 0. The molecule has 2 heteroatoms. The molecular formula is C7H12O2. The van der Waals surface area contributed by atoms with Gasteiger partial charge in [0.05, 0.1) is 11.9 Å². The summed E-state index contributed by atoms with van der Waals surface area (Å²) in [4.78, 5) is 0. The molecular weight excluding hydrogens is 116 g/mol. The lowest BCUT2D eigenvalue weighted by atomic mass is 10.3. The quantitative estimate of drug-likeness (QED) is 0.494. The van der Waals surface area contributed by atoms with Crippen LogP contribution in [0.5, 0.6) is 0 Å². The van der Waals surface area contributed by atoms with Crippen LogP contribution in [0.2, 0.25) is 0 Å². The number of allylic oxidation sites excluding steroid dienone is 1. The second kappa shape index (κ2) is 2.40. The fourth-order valence-electron chi connectivity index (χ4n) is 1.00. The Morgan fingerprint density at radius 3 is 2.56 bits per heavy atom. The minimum atomic E-state index is -0.0787. The van der Waals surface area contributed by atoms with Crippen molar-refractivity contribution < 1.29 is 9.47 Å². The van der Waals surface area contributed by atoms with Crippen LogP contribution < -0.4 is 0 Å². The summed E-state index contributed by atoms with van der Waals surface area (Å²) in [5.41, 5.74) is 0. The molecule has 9 heavy (non-hydrogen) atoms. The van der Waals surface area contributed by atoms with Gasteiger partial charge in [0, 0.05) is 0 Å². The summed E-state index contributed by atoms with van der Waals surface area (Å²) >= 11 is 0. The maximum atomic E-state index is 5.26. The molecule has 0 fully saturated rings. The number of hydrogen-bond donors (Lipinski definition) is 0. The highest BCUT2D eigenvalue weighted by molar-refractivity contribution is 4.95. The molecule has 0 amide bonds. The molecule has 1 aliphatic rings. The zero-order valence-electron chi connectivity index (χ0n) is 6.05. The molecule has 0 bridgehead atoms. The van der Waals surface area contributed by atoms with Crippen molar-refractivity contribution in [1.29, 1.82) is 0 Å². The van der Waals surface area contributed by atoms with E-state index in [2.05, 4.69) is 0 Å². The Kier molecular flexibility index (Phi) is 1.76. The van der Waals surface area contributed by atoms with Crippen LogP contribution in [-0.2, 0) is 9.47 Å². The smallest absolute Gasteiger partial charge is 0.197 e. The van der Waals surface area contributed by atoms with E-state index in [-0.39, 0.29) is 12.4 Å². The van der Waals surface area contributed by atoms with E-state index >= 15 is 0 Å². The normalized spacial score (nSPS) is 35.2. The molecule has 52 valence electrons. The highest BCUT2D eigenvalue weighted by Crippen LogP contribution is 2.13. The largest absolute Gasteiger partial charge is 0.470 e. The van der Waals surface area contributed by atoms with Gasteiger partial charge in [-0.3, -0.25) is 0 Å². The number of hydrogen-bond acceptors (Lipinski definition) is 2. The van der Waals surface area contributed by atoms with Crippen molar-refractivity contribution in [2.24, 2.45) is 0 Å². The maximum Gasteiger partial charge on any atom is 0.197 e. The van der Waals surface area contributed by atoms with Crippen LogP contribution in [0, 0.1) is 0 Å². The minimum absolute atomic E-state index is 0.0787. The van der Waals surface area contributed by atoms with E-state index in [4.69, 9.17) is 9.47 Å². The lowest BCUT2D eigenvalue weighted by molar-refractivity contribution is -0.137. The molecule has 0 aromatic rings. The van der Waals surface area contributed by atoms with E-state index in [1.54, 1.807) is 0 Å². The molecule has 1 heterocycles. The van der Waals surface area contributed by atoms with Gasteiger partial charge in [0.15, 0.2) is 6.29 Å². The molecule has 1 aliphatic heterocycles. The highest BCUT2D eigenvalue weighted by Gasteiger charge is 2.13. The summed E-state index contributed by atoms with van der Waals surface area (Å²) in [7, 11) is 0. The van der Waals surface area contributed by atoms with Crippen molar-refractivity contribution in [3.63, 3.8) is 0 Å². The summed E-state index contributed by atoms with van der Waals surface area (Å²) in [6, 6.07) is 0.